The molecule has 8 heteroatoms. The van der Waals surface area contributed by atoms with Crippen LogP contribution in [-0.2, 0) is 19.6 Å². The van der Waals surface area contributed by atoms with Crippen LogP contribution in [0, 0.1) is 0 Å². The number of likely N-dealkylation sites (tertiary alicyclic amines) is 2. The lowest BCUT2D eigenvalue weighted by molar-refractivity contribution is -0.137. The lowest BCUT2D eigenvalue weighted by atomic mass is 10.0. The van der Waals surface area contributed by atoms with E-state index in [-0.39, 0.29) is 5.91 Å². The summed E-state index contributed by atoms with van der Waals surface area (Å²) in [5.74, 6) is 0.309. The number of carbonyl (C=O) groups is 1. The van der Waals surface area contributed by atoms with Crippen molar-refractivity contribution in [2.75, 3.05) is 26.2 Å². The van der Waals surface area contributed by atoms with E-state index in [0.29, 0.717) is 48.3 Å². The molecule has 0 spiro atoms. The van der Waals surface area contributed by atoms with Gasteiger partial charge >= 0.3 is 6.18 Å². The molecule has 5 nitrogen and oxygen atoms in total. The van der Waals surface area contributed by atoms with Crippen molar-refractivity contribution in [3.8, 4) is 11.4 Å². The third kappa shape index (κ3) is 4.35. The molecule has 1 aromatic heterocycles. The number of amides is 1. The van der Waals surface area contributed by atoms with Crippen molar-refractivity contribution in [1.29, 1.82) is 0 Å². The van der Waals surface area contributed by atoms with Gasteiger partial charge in [0.05, 0.1) is 11.3 Å². The highest BCUT2D eigenvalue weighted by Gasteiger charge is 2.33. The number of aromatic nitrogens is 2. The average Bonchev–Trinajstić information content (AvgIpc) is 3.41. The first kappa shape index (κ1) is 21.9. The van der Waals surface area contributed by atoms with E-state index in [4.69, 9.17) is 0 Å². The summed E-state index contributed by atoms with van der Waals surface area (Å²) in [6, 6.07) is 5.67. The zero-order valence-electron chi connectivity index (χ0n) is 18.1. The SMILES string of the molecule is CCc1nc(-c2cccc(C(F)(F)F)c2)n(C)c1C(=O)N1CCC(N2CCCC2)CC1. The molecule has 1 aromatic carbocycles. The minimum absolute atomic E-state index is 0.0788. The Morgan fingerprint density at radius 3 is 2.42 bits per heavy atom. The molecule has 1 amide bonds. The number of imidazole rings is 1. The molecule has 31 heavy (non-hydrogen) atoms. The minimum Gasteiger partial charge on any atom is -0.337 e. The fourth-order valence-corrected chi connectivity index (χ4v) is 4.85. The molecule has 2 aromatic rings. The summed E-state index contributed by atoms with van der Waals surface area (Å²) < 4.78 is 41.1. The zero-order valence-corrected chi connectivity index (χ0v) is 18.1. The standard InChI is InChI=1S/C23H29F3N4O/c1-3-19-20(22(31)30-13-9-18(10-14-30)29-11-4-5-12-29)28(2)21(27-19)16-7-6-8-17(15-16)23(24,25)26/h6-8,15,18H,3-5,9-14H2,1-2H3. The maximum atomic E-state index is 13.4. The Kier molecular flexibility index (Phi) is 6.10. The summed E-state index contributed by atoms with van der Waals surface area (Å²) in [5, 5.41) is 0. The fraction of sp³-hybridized carbons (Fsp3) is 0.565. The van der Waals surface area contributed by atoms with Crippen molar-refractivity contribution in [2.24, 2.45) is 7.05 Å². The number of nitrogens with zero attached hydrogens (tertiary/aromatic N) is 4. The summed E-state index contributed by atoms with van der Waals surface area (Å²) >= 11 is 0. The van der Waals surface area contributed by atoms with Gasteiger partial charge in [-0.3, -0.25) is 4.79 Å². The molecule has 168 valence electrons. The number of benzene rings is 1. The van der Waals surface area contributed by atoms with E-state index >= 15 is 0 Å². The van der Waals surface area contributed by atoms with Crippen LogP contribution in [0.15, 0.2) is 24.3 Å². The second-order valence-corrected chi connectivity index (χ2v) is 8.49. The van der Waals surface area contributed by atoms with Crippen molar-refractivity contribution in [3.63, 3.8) is 0 Å². The van der Waals surface area contributed by atoms with Gasteiger partial charge in [-0.2, -0.15) is 13.2 Å². The quantitative estimate of drug-likeness (QED) is 0.718. The zero-order chi connectivity index (χ0) is 22.2. The second kappa shape index (κ2) is 8.65. The second-order valence-electron chi connectivity index (χ2n) is 8.49. The number of carbonyl (C=O) groups excluding carboxylic acids is 1. The predicted octanol–water partition coefficient (Wildman–Crippen LogP) is 4.37. The highest BCUT2D eigenvalue weighted by molar-refractivity contribution is 5.94. The van der Waals surface area contributed by atoms with Crippen LogP contribution >= 0.6 is 0 Å². The molecule has 2 saturated heterocycles. The van der Waals surface area contributed by atoms with Gasteiger partial charge in [0.15, 0.2) is 0 Å². The highest BCUT2D eigenvalue weighted by atomic mass is 19.4. The number of aryl methyl sites for hydroxylation is 1. The third-order valence-electron chi connectivity index (χ3n) is 6.56. The van der Waals surface area contributed by atoms with E-state index in [9.17, 15) is 18.0 Å². The Bertz CT molecular complexity index is 939. The molecule has 2 aliphatic rings. The van der Waals surface area contributed by atoms with Crippen molar-refractivity contribution in [2.45, 2.75) is 51.2 Å². The molecule has 0 aliphatic carbocycles. The van der Waals surface area contributed by atoms with Crippen LogP contribution in [-0.4, -0.2) is 57.5 Å². The number of piperidine rings is 1. The number of halogens is 3. The summed E-state index contributed by atoms with van der Waals surface area (Å²) in [6.45, 7) is 5.62. The molecule has 0 saturated carbocycles. The molecule has 0 N–H and O–H groups in total. The van der Waals surface area contributed by atoms with Crippen LogP contribution in [0.1, 0.15) is 54.4 Å². The van der Waals surface area contributed by atoms with Gasteiger partial charge < -0.3 is 14.4 Å². The molecule has 0 bridgehead atoms. The van der Waals surface area contributed by atoms with Gasteiger partial charge in [0.1, 0.15) is 11.5 Å². The van der Waals surface area contributed by atoms with Crippen LogP contribution < -0.4 is 0 Å². The molecule has 0 radical (unpaired) electrons. The summed E-state index contributed by atoms with van der Waals surface area (Å²) in [4.78, 5) is 22.3. The van der Waals surface area contributed by atoms with E-state index in [1.54, 1.807) is 17.7 Å². The Morgan fingerprint density at radius 1 is 1.13 bits per heavy atom. The van der Waals surface area contributed by atoms with E-state index < -0.39 is 11.7 Å². The van der Waals surface area contributed by atoms with Crippen LogP contribution in [0.25, 0.3) is 11.4 Å². The van der Waals surface area contributed by atoms with Crippen molar-refractivity contribution < 1.29 is 18.0 Å². The fourth-order valence-electron chi connectivity index (χ4n) is 4.85. The van der Waals surface area contributed by atoms with Gasteiger partial charge in [-0.15, -0.1) is 0 Å². The molecule has 0 unspecified atom stereocenters. The minimum atomic E-state index is -4.42. The molecule has 4 rings (SSSR count). The van der Waals surface area contributed by atoms with Crippen molar-refractivity contribution in [3.05, 3.63) is 41.2 Å². The lowest BCUT2D eigenvalue weighted by Crippen LogP contribution is -2.46. The molecule has 3 heterocycles. The Hall–Kier alpha value is -2.35. The van der Waals surface area contributed by atoms with Gasteiger partial charge in [0.2, 0.25) is 0 Å². The Labute approximate surface area is 180 Å². The first-order valence-electron chi connectivity index (χ1n) is 11.1. The van der Waals surface area contributed by atoms with Crippen molar-refractivity contribution >= 4 is 5.91 Å². The first-order valence-corrected chi connectivity index (χ1v) is 11.1. The Balaban J connectivity index is 1.57. The predicted molar refractivity (Wildman–Crippen MR) is 113 cm³/mol. The third-order valence-corrected chi connectivity index (χ3v) is 6.56. The summed E-state index contributed by atoms with van der Waals surface area (Å²) in [7, 11) is 1.71. The number of hydrogen-bond donors (Lipinski definition) is 0. The first-order chi connectivity index (χ1) is 14.8. The van der Waals surface area contributed by atoms with Gasteiger partial charge in [-0.05, 0) is 57.3 Å². The van der Waals surface area contributed by atoms with Crippen LogP contribution in [0.3, 0.4) is 0 Å². The summed E-state index contributed by atoms with van der Waals surface area (Å²) in [6.07, 6.45) is 0.557. The number of hydrogen-bond acceptors (Lipinski definition) is 3. The molecule has 2 fully saturated rings. The average molecular weight is 435 g/mol. The molecule has 0 atom stereocenters. The number of rotatable bonds is 4. The monoisotopic (exact) mass is 434 g/mol. The van der Waals surface area contributed by atoms with E-state index in [1.807, 2.05) is 11.8 Å². The maximum Gasteiger partial charge on any atom is 0.416 e. The van der Waals surface area contributed by atoms with Crippen LogP contribution in [0.4, 0.5) is 13.2 Å². The maximum absolute atomic E-state index is 13.4. The van der Waals surface area contributed by atoms with Crippen LogP contribution in [0.5, 0.6) is 0 Å². The smallest absolute Gasteiger partial charge is 0.337 e. The molecular weight excluding hydrogens is 405 g/mol. The number of alkyl halides is 3. The van der Waals surface area contributed by atoms with E-state index in [1.165, 1.54) is 18.9 Å². The van der Waals surface area contributed by atoms with Gasteiger partial charge in [0.25, 0.3) is 5.91 Å². The van der Waals surface area contributed by atoms with Crippen LogP contribution in [0.2, 0.25) is 0 Å². The summed E-state index contributed by atoms with van der Waals surface area (Å²) in [5.41, 5.74) is 0.748. The van der Waals surface area contributed by atoms with E-state index in [2.05, 4.69) is 9.88 Å². The van der Waals surface area contributed by atoms with E-state index in [0.717, 1.165) is 38.1 Å². The highest BCUT2D eigenvalue weighted by Crippen LogP contribution is 2.33. The van der Waals surface area contributed by atoms with Gasteiger partial charge in [-0.25, -0.2) is 4.98 Å². The van der Waals surface area contributed by atoms with Gasteiger partial charge in [-0.1, -0.05) is 19.1 Å². The molecular formula is C23H29F3N4O. The lowest BCUT2D eigenvalue weighted by Gasteiger charge is -2.36. The Morgan fingerprint density at radius 2 is 1.81 bits per heavy atom. The largest absolute Gasteiger partial charge is 0.416 e. The topological polar surface area (TPSA) is 41.4 Å². The molecule has 2 aliphatic heterocycles. The normalized spacial score (nSPS) is 18.7. The van der Waals surface area contributed by atoms with Gasteiger partial charge in [0, 0.05) is 31.7 Å². The van der Waals surface area contributed by atoms with Crippen molar-refractivity contribution in [1.82, 2.24) is 19.4 Å².